The maximum Gasteiger partial charge on any atom is 0.139 e. The Bertz CT molecular complexity index is 445. The third-order valence-corrected chi connectivity index (χ3v) is 3.91. The molecule has 1 aromatic heterocycles. The van der Waals surface area contributed by atoms with Crippen LogP contribution in [0.4, 0.5) is 5.82 Å². The average molecular weight is 263 g/mol. The van der Waals surface area contributed by atoms with Crippen molar-refractivity contribution in [3.05, 3.63) is 23.4 Å². The number of hydrogen-bond donors (Lipinski definition) is 1. The molecule has 98 valence electrons. The molecule has 1 fully saturated rings. The normalized spacial score (nSPS) is 20.6. The van der Waals surface area contributed by atoms with E-state index in [-0.39, 0.29) is 0 Å². The molecular weight excluding hydrogens is 242 g/mol. The number of pyridine rings is 1. The third kappa shape index (κ3) is 2.64. The Hall–Kier alpha value is -1.16. The van der Waals surface area contributed by atoms with Crippen LogP contribution in [0.5, 0.6) is 0 Å². The standard InChI is InChI=1S/C14H21N3S/c1-10-7-8-16-14(12(10)13(15)18)17-9-5-3-4-6-11(17)2/h7-8,11H,3-6,9H2,1-2H3,(H2,15,18). The minimum atomic E-state index is 0.451. The summed E-state index contributed by atoms with van der Waals surface area (Å²) in [5.41, 5.74) is 7.93. The van der Waals surface area contributed by atoms with Crippen LogP contribution in [0.25, 0.3) is 0 Å². The number of aromatic nitrogens is 1. The Morgan fingerprint density at radius 2 is 2.22 bits per heavy atom. The van der Waals surface area contributed by atoms with Crippen molar-refractivity contribution < 1.29 is 0 Å². The van der Waals surface area contributed by atoms with E-state index in [4.69, 9.17) is 18.0 Å². The highest BCUT2D eigenvalue weighted by Gasteiger charge is 2.22. The zero-order valence-electron chi connectivity index (χ0n) is 11.1. The van der Waals surface area contributed by atoms with Gasteiger partial charge in [-0.3, -0.25) is 0 Å². The molecule has 4 heteroatoms. The molecular formula is C14H21N3S. The maximum atomic E-state index is 5.87. The molecule has 0 aromatic carbocycles. The molecule has 1 aromatic rings. The fourth-order valence-electron chi connectivity index (χ4n) is 2.66. The van der Waals surface area contributed by atoms with Gasteiger partial charge in [0.1, 0.15) is 10.8 Å². The Balaban J connectivity index is 2.42. The smallest absolute Gasteiger partial charge is 0.139 e. The number of nitrogens with zero attached hydrogens (tertiary/aromatic N) is 2. The molecule has 0 amide bonds. The van der Waals surface area contributed by atoms with E-state index in [0.29, 0.717) is 11.0 Å². The zero-order chi connectivity index (χ0) is 13.1. The van der Waals surface area contributed by atoms with Crippen molar-refractivity contribution in [1.29, 1.82) is 0 Å². The predicted octanol–water partition coefficient (Wildman–Crippen LogP) is 2.79. The summed E-state index contributed by atoms with van der Waals surface area (Å²) in [6.07, 6.45) is 6.88. The Morgan fingerprint density at radius 3 is 2.94 bits per heavy atom. The lowest BCUT2D eigenvalue weighted by atomic mass is 10.1. The highest BCUT2D eigenvalue weighted by molar-refractivity contribution is 7.80. The van der Waals surface area contributed by atoms with Crippen molar-refractivity contribution in [2.45, 2.75) is 45.6 Å². The van der Waals surface area contributed by atoms with Crippen molar-refractivity contribution in [3.8, 4) is 0 Å². The van der Waals surface area contributed by atoms with Crippen molar-refractivity contribution in [2.75, 3.05) is 11.4 Å². The van der Waals surface area contributed by atoms with E-state index >= 15 is 0 Å². The first kappa shape index (κ1) is 13.3. The fraction of sp³-hybridized carbons (Fsp3) is 0.571. The van der Waals surface area contributed by atoms with Gasteiger partial charge in [-0.05, 0) is 38.3 Å². The molecule has 0 radical (unpaired) electrons. The van der Waals surface area contributed by atoms with Crippen molar-refractivity contribution >= 4 is 23.0 Å². The summed E-state index contributed by atoms with van der Waals surface area (Å²) in [4.78, 5) is 7.36. The van der Waals surface area contributed by atoms with Gasteiger partial charge in [-0.2, -0.15) is 0 Å². The molecule has 1 aliphatic rings. The summed E-state index contributed by atoms with van der Waals surface area (Å²) in [6.45, 7) is 5.36. The molecule has 0 spiro atoms. The van der Waals surface area contributed by atoms with E-state index in [0.717, 1.165) is 23.5 Å². The molecule has 0 bridgehead atoms. The van der Waals surface area contributed by atoms with Crippen LogP contribution in [0.15, 0.2) is 12.3 Å². The van der Waals surface area contributed by atoms with E-state index in [1.54, 1.807) is 0 Å². The lowest BCUT2D eigenvalue weighted by Gasteiger charge is -2.30. The van der Waals surface area contributed by atoms with Crippen molar-refractivity contribution in [2.24, 2.45) is 5.73 Å². The van der Waals surface area contributed by atoms with Gasteiger partial charge in [-0.1, -0.05) is 25.1 Å². The van der Waals surface area contributed by atoms with E-state index in [2.05, 4.69) is 16.8 Å². The van der Waals surface area contributed by atoms with Crippen LogP contribution in [0.1, 0.15) is 43.7 Å². The molecule has 2 heterocycles. The van der Waals surface area contributed by atoms with E-state index < -0.39 is 0 Å². The second kappa shape index (κ2) is 5.65. The van der Waals surface area contributed by atoms with Gasteiger partial charge in [0.15, 0.2) is 0 Å². The van der Waals surface area contributed by atoms with Crippen LogP contribution in [0.2, 0.25) is 0 Å². The number of aryl methyl sites for hydroxylation is 1. The molecule has 0 saturated carbocycles. The first-order valence-electron chi connectivity index (χ1n) is 6.63. The van der Waals surface area contributed by atoms with E-state index in [1.165, 1.54) is 25.7 Å². The fourth-order valence-corrected chi connectivity index (χ4v) is 2.91. The summed E-state index contributed by atoms with van der Waals surface area (Å²) < 4.78 is 0. The van der Waals surface area contributed by atoms with Crippen LogP contribution in [0.3, 0.4) is 0 Å². The first-order chi connectivity index (χ1) is 8.61. The number of nitrogens with two attached hydrogens (primary N) is 1. The minimum Gasteiger partial charge on any atom is -0.389 e. The summed E-state index contributed by atoms with van der Waals surface area (Å²) in [5.74, 6) is 0.969. The van der Waals surface area contributed by atoms with Crippen molar-refractivity contribution in [3.63, 3.8) is 0 Å². The van der Waals surface area contributed by atoms with E-state index in [9.17, 15) is 0 Å². The average Bonchev–Trinajstić information content (AvgIpc) is 2.53. The number of rotatable bonds is 2. The van der Waals surface area contributed by atoms with Gasteiger partial charge in [-0.25, -0.2) is 4.98 Å². The topological polar surface area (TPSA) is 42.2 Å². The number of thiocarbonyl (C=S) groups is 1. The highest BCUT2D eigenvalue weighted by atomic mass is 32.1. The number of hydrogen-bond acceptors (Lipinski definition) is 3. The van der Waals surface area contributed by atoms with Gasteiger partial charge in [0.2, 0.25) is 0 Å². The van der Waals surface area contributed by atoms with Crippen LogP contribution in [-0.2, 0) is 0 Å². The summed E-state index contributed by atoms with van der Waals surface area (Å²) in [6, 6.07) is 2.48. The molecule has 18 heavy (non-hydrogen) atoms. The maximum absolute atomic E-state index is 5.87. The second-order valence-corrected chi connectivity index (χ2v) is 5.52. The predicted molar refractivity (Wildman–Crippen MR) is 80.1 cm³/mol. The van der Waals surface area contributed by atoms with E-state index in [1.807, 2.05) is 19.2 Å². The molecule has 1 atom stereocenters. The minimum absolute atomic E-state index is 0.451. The summed E-state index contributed by atoms with van der Waals surface area (Å²) in [5, 5.41) is 0. The lowest BCUT2D eigenvalue weighted by molar-refractivity contribution is 0.611. The summed E-state index contributed by atoms with van der Waals surface area (Å²) in [7, 11) is 0. The molecule has 1 saturated heterocycles. The summed E-state index contributed by atoms with van der Waals surface area (Å²) >= 11 is 5.19. The Labute approximate surface area is 114 Å². The third-order valence-electron chi connectivity index (χ3n) is 3.71. The molecule has 1 aliphatic heterocycles. The van der Waals surface area contributed by atoms with Crippen molar-refractivity contribution in [1.82, 2.24) is 4.98 Å². The second-order valence-electron chi connectivity index (χ2n) is 5.08. The molecule has 1 unspecified atom stereocenters. The SMILES string of the molecule is Cc1ccnc(N2CCCCCC2C)c1C(N)=S. The van der Waals surface area contributed by atoms with Crippen LogP contribution < -0.4 is 10.6 Å². The van der Waals surface area contributed by atoms with Gasteiger partial charge in [0, 0.05) is 18.8 Å². The molecule has 0 aliphatic carbocycles. The molecule has 2 rings (SSSR count). The van der Waals surface area contributed by atoms with Gasteiger partial charge >= 0.3 is 0 Å². The van der Waals surface area contributed by atoms with Crippen LogP contribution in [-0.4, -0.2) is 22.6 Å². The lowest BCUT2D eigenvalue weighted by Crippen LogP contribution is -2.35. The molecule has 2 N–H and O–H groups in total. The van der Waals surface area contributed by atoms with Gasteiger partial charge in [0.25, 0.3) is 0 Å². The first-order valence-corrected chi connectivity index (χ1v) is 7.04. The van der Waals surface area contributed by atoms with Crippen LogP contribution >= 0.6 is 12.2 Å². The Kier molecular flexibility index (Phi) is 4.17. The van der Waals surface area contributed by atoms with Crippen LogP contribution in [0, 0.1) is 6.92 Å². The monoisotopic (exact) mass is 263 g/mol. The highest BCUT2D eigenvalue weighted by Crippen LogP contribution is 2.27. The quantitative estimate of drug-likeness (QED) is 0.833. The number of anilines is 1. The molecule has 3 nitrogen and oxygen atoms in total. The van der Waals surface area contributed by atoms with Gasteiger partial charge in [0.05, 0.1) is 5.56 Å². The van der Waals surface area contributed by atoms with Gasteiger partial charge < -0.3 is 10.6 Å². The van der Waals surface area contributed by atoms with Gasteiger partial charge in [-0.15, -0.1) is 0 Å². The zero-order valence-corrected chi connectivity index (χ0v) is 12.0. The Morgan fingerprint density at radius 1 is 1.44 bits per heavy atom. The largest absolute Gasteiger partial charge is 0.389 e.